The average Bonchev–Trinajstić information content (AvgIpc) is 3.58. The first kappa shape index (κ1) is 27.4. The smallest absolute Gasteiger partial charge is 0.250 e. The molecule has 2 fully saturated rings. The van der Waals surface area contributed by atoms with E-state index in [-0.39, 0.29) is 24.8 Å². The summed E-state index contributed by atoms with van der Waals surface area (Å²) < 4.78 is 39.4. The number of piperidine rings is 1. The second kappa shape index (κ2) is 11.5. The Morgan fingerprint density at radius 2 is 1.85 bits per heavy atom. The van der Waals surface area contributed by atoms with Crippen LogP contribution in [0, 0.1) is 11.8 Å². The van der Waals surface area contributed by atoms with Crippen molar-refractivity contribution in [1.29, 1.82) is 0 Å². The predicted octanol–water partition coefficient (Wildman–Crippen LogP) is 3.49. The van der Waals surface area contributed by atoms with Gasteiger partial charge in [-0.1, -0.05) is 17.9 Å². The van der Waals surface area contributed by atoms with Gasteiger partial charge in [0.2, 0.25) is 5.91 Å². The van der Waals surface area contributed by atoms with Gasteiger partial charge in [-0.25, -0.2) is 18.7 Å². The summed E-state index contributed by atoms with van der Waals surface area (Å²) in [6, 6.07) is 5.41. The first-order valence-corrected chi connectivity index (χ1v) is 13.2. The van der Waals surface area contributed by atoms with E-state index in [0.717, 1.165) is 12.0 Å². The number of hydrogen-bond acceptors (Lipinski definition) is 7. The van der Waals surface area contributed by atoms with E-state index in [0.29, 0.717) is 66.6 Å². The number of carbonyl (C=O) groups excluding carboxylic acids is 1. The second-order valence-electron chi connectivity index (χ2n) is 10.0. The van der Waals surface area contributed by atoms with Gasteiger partial charge in [0.05, 0.1) is 31.2 Å². The fraction of sp³-hybridized carbons (Fsp3) is 0.414. The van der Waals surface area contributed by atoms with Crippen LogP contribution in [0.3, 0.4) is 0 Å². The van der Waals surface area contributed by atoms with E-state index in [1.807, 2.05) is 27.8 Å². The lowest BCUT2D eigenvalue weighted by Gasteiger charge is -2.30. The number of nitrogens with zero attached hydrogens (tertiary/aromatic N) is 5. The highest BCUT2D eigenvalue weighted by atomic mass is 19.3. The molecule has 2 saturated heterocycles. The van der Waals surface area contributed by atoms with Gasteiger partial charge in [0.1, 0.15) is 29.3 Å². The molecule has 0 bridgehead atoms. The van der Waals surface area contributed by atoms with Crippen molar-refractivity contribution in [2.75, 3.05) is 52.7 Å². The van der Waals surface area contributed by atoms with Crippen molar-refractivity contribution in [3.63, 3.8) is 0 Å². The molecule has 0 unspecified atom stereocenters. The maximum absolute atomic E-state index is 13.4. The largest absolute Gasteiger partial charge is 0.497 e. The summed E-state index contributed by atoms with van der Waals surface area (Å²) in [7, 11) is 3.17. The Kier molecular flexibility index (Phi) is 7.89. The summed E-state index contributed by atoms with van der Waals surface area (Å²) in [4.78, 5) is 25.2. The van der Waals surface area contributed by atoms with Gasteiger partial charge < -0.3 is 24.7 Å². The van der Waals surface area contributed by atoms with E-state index in [9.17, 15) is 13.6 Å². The number of nitrogens with two attached hydrogens (primary N) is 1. The number of ether oxygens (including phenoxy) is 2. The topological polar surface area (TPSA) is 98.7 Å². The predicted molar refractivity (Wildman–Crippen MR) is 147 cm³/mol. The van der Waals surface area contributed by atoms with Crippen LogP contribution in [-0.2, 0) is 4.79 Å². The molecule has 1 atom stereocenters. The Morgan fingerprint density at radius 3 is 2.55 bits per heavy atom. The van der Waals surface area contributed by atoms with Crippen LogP contribution in [0.15, 0.2) is 42.9 Å². The highest BCUT2D eigenvalue weighted by Crippen LogP contribution is 2.31. The summed E-state index contributed by atoms with van der Waals surface area (Å²) in [6.45, 7) is 2.25. The first-order chi connectivity index (χ1) is 19.3. The highest BCUT2D eigenvalue weighted by Gasteiger charge is 2.33. The van der Waals surface area contributed by atoms with E-state index in [1.54, 1.807) is 37.3 Å². The number of amides is 1. The zero-order chi connectivity index (χ0) is 28.3. The number of methoxy groups -OCH3 is 2. The molecule has 5 rings (SSSR count). The van der Waals surface area contributed by atoms with Crippen LogP contribution in [0.25, 0.3) is 11.0 Å². The Hall–Kier alpha value is -4.17. The average molecular weight is 551 g/mol. The quantitative estimate of drug-likeness (QED) is 0.371. The number of halogens is 2. The van der Waals surface area contributed by atoms with Crippen LogP contribution in [0.4, 0.5) is 14.6 Å². The summed E-state index contributed by atoms with van der Waals surface area (Å²) in [5.74, 6) is 5.30. The number of aromatic nitrogens is 3. The zero-order valence-electron chi connectivity index (χ0n) is 22.6. The third kappa shape index (κ3) is 6.02. The van der Waals surface area contributed by atoms with Crippen LogP contribution in [-0.4, -0.2) is 83.1 Å². The number of nitrogen functional groups attached to an aromatic ring is 1. The number of carbonyl (C=O) groups is 1. The summed E-state index contributed by atoms with van der Waals surface area (Å²) >= 11 is 0. The van der Waals surface area contributed by atoms with Crippen LogP contribution >= 0.6 is 0 Å². The Labute approximate surface area is 231 Å². The maximum Gasteiger partial charge on any atom is 0.250 e. The van der Waals surface area contributed by atoms with Crippen molar-refractivity contribution in [3.8, 4) is 23.3 Å². The van der Waals surface area contributed by atoms with Gasteiger partial charge in [-0.15, -0.1) is 0 Å². The monoisotopic (exact) mass is 550 g/mol. The van der Waals surface area contributed by atoms with E-state index in [1.165, 1.54) is 6.33 Å². The van der Waals surface area contributed by atoms with Crippen molar-refractivity contribution in [3.05, 3.63) is 54.0 Å². The molecule has 0 aliphatic carbocycles. The minimum Gasteiger partial charge on any atom is -0.497 e. The molecule has 40 heavy (non-hydrogen) atoms. The minimum absolute atomic E-state index is 0.00839. The summed E-state index contributed by atoms with van der Waals surface area (Å²) in [5, 5.41) is 0.668. The number of alkyl halides is 2. The van der Waals surface area contributed by atoms with Gasteiger partial charge in [-0.2, -0.15) is 0 Å². The van der Waals surface area contributed by atoms with E-state index >= 15 is 0 Å². The van der Waals surface area contributed by atoms with Crippen molar-refractivity contribution >= 4 is 22.8 Å². The molecular formula is C29H32F2N6O3. The number of anilines is 1. The van der Waals surface area contributed by atoms with Gasteiger partial charge >= 0.3 is 0 Å². The molecule has 0 spiro atoms. The molecule has 2 aromatic heterocycles. The molecular weight excluding hydrogens is 518 g/mol. The van der Waals surface area contributed by atoms with Gasteiger partial charge in [0.15, 0.2) is 0 Å². The normalized spacial score (nSPS) is 19.1. The molecule has 1 aromatic carbocycles. The molecule has 2 aliphatic heterocycles. The van der Waals surface area contributed by atoms with Gasteiger partial charge in [-0.05, 0) is 18.6 Å². The lowest BCUT2D eigenvalue weighted by Crippen LogP contribution is -2.39. The highest BCUT2D eigenvalue weighted by molar-refractivity contribution is 5.92. The van der Waals surface area contributed by atoms with Crippen molar-refractivity contribution in [2.24, 2.45) is 0 Å². The van der Waals surface area contributed by atoms with Crippen LogP contribution in [0.1, 0.15) is 36.4 Å². The van der Waals surface area contributed by atoms with Crippen LogP contribution in [0.2, 0.25) is 0 Å². The van der Waals surface area contributed by atoms with Gasteiger partial charge in [-0.3, -0.25) is 9.69 Å². The van der Waals surface area contributed by atoms with E-state index in [4.69, 9.17) is 15.2 Å². The molecule has 1 amide bonds. The number of rotatable bonds is 6. The van der Waals surface area contributed by atoms with Gasteiger partial charge in [0.25, 0.3) is 5.92 Å². The standard InChI is InChI=1S/C29H32F2N6O3/c1-39-23-14-20(15-24(16-23)40-2)5-6-21-17-37(28-26(21)27(32)33-19-34-28)22-7-11-36(18-22)25(38)4-3-10-35-12-8-29(30,31)9-13-35/h3-4,14-17,19,22H,7-13,18H2,1-2H3,(H2,32,33,34)/t22-/m0/s1. The summed E-state index contributed by atoms with van der Waals surface area (Å²) in [5.41, 5.74) is 8.31. The second-order valence-corrected chi connectivity index (χ2v) is 10.0. The fourth-order valence-corrected chi connectivity index (χ4v) is 5.14. The lowest BCUT2D eigenvalue weighted by molar-refractivity contribution is -0.125. The van der Waals surface area contributed by atoms with Gasteiger partial charge in [0, 0.05) is 69.5 Å². The molecule has 0 radical (unpaired) electrons. The summed E-state index contributed by atoms with van der Waals surface area (Å²) in [6.07, 6.45) is 7.12. The Morgan fingerprint density at radius 1 is 1.12 bits per heavy atom. The Bertz CT molecular complexity index is 1460. The first-order valence-electron chi connectivity index (χ1n) is 13.2. The van der Waals surface area contributed by atoms with Crippen LogP contribution < -0.4 is 15.2 Å². The third-order valence-electron chi connectivity index (χ3n) is 7.41. The van der Waals surface area contributed by atoms with Crippen molar-refractivity contribution < 1.29 is 23.0 Å². The SMILES string of the molecule is COc1cc(C#Cc2cn([C@H]3CCN(C(=O)C=CCN4CCC(F)(F)CC4)C3)c3ncnc(N)c23)cc(OC)c1. The minimum atomic E-state index is -2.58. The number of hydrogen-bond donors (Lipinski definition) is 1. The molecule has 3 aromatic rings. The fourth-order valence-electron chi connectivity index (χ4n) is 5.14. The zero-order valence-corrected chi connectivity index (χ0v) is 22.6. The van der Waals surface area contributed by atoms with E-state index < -0.39 is 5.92 Å². The molecule has 4 heterocycles. The van der Waals surface area contributed by atoms with E-state index in [2.05, 4.69) is 21.8 Å². The molecule has 210 valence electrons. The number of likely N-dealkylation sites (tertiary alicyclic amines) is 2. The maximum atomic E-state index is 13.4. The molecule has 2 aliphatic rings. The molecule has 2 N–H and O–H groups in total. The van der Waals surface area contributed by atoms with Crippen molar-refractivity contribution in [1.82, 2.24) is 24.3 Å². The van der Waals surface area contributed by atoms with Crippen molar-refractivity contribution in [2.45, 2.75) is 31.2 Å². The molecule has 9 nitrogen and oxygen atoms in total. The lowest BCUT2D eigenvalue weighted by atomic mass is 10.1. The number of benzene rings is 1. The third-order valence-corrected chi connectivity index (χ3v) is 7.41. The van der Waals surface area contributed by atoms with Crippen LogP contribution in [0.5, 0.6) is 11.5 Å². The molecule has 11 heteroatoms. The Balaban J connectivity index is 1.31. The molecule has 0 saturated carbocycles. The number of fused-ring (bicyclic) bond motifs is 1.